The molecule has 0 amide bonds. The van der Waals surface area contributed by atoms with Crippen LogP contribution in [-0.2, 0) is 10.0 Å². The van der Waals surface area contributed by atoms with Crippen LogP contribution in [0.1, 0.15) is 13.3 Å². The third-order valence-corrected chi connectivity index (χ3v) is 5.52. The fourth-order valence-corrected chi connectivity index (χ4v) is 3.89. The second kappa shape index (κ2) is 6.27. The average Bonchev–Trinajstić information content (AvgIpc) is 2.83. The second-order valence-electron chi connectivity index (χ2n) is 5.36. The summed E-state index contributed by atoms with van der Waals surface area (Å²) < 4.78 is 26.3. The molecule has 2 rings (SSSR count). The largest absolute Gasteiger partial charge is 0.330 e. The van der Waals surface area contributed by atoms with Crippen LogP contribution in [0.5, 0.6) is 0 Å². The van der Waals surface area contributed by atoms with Crippen LogP contribution in [0, 0.1) is 15.5 Å². The van der Waals surface area contributed by atoms with Gasteiger partial charge < -0.3 is 5.73 Å². The second-order valence-corrected chi connectivity index (χ2v) is 7.30. The molecule has 9 heteroatoms. The summed E-state index contributed by atoms with van der Waals surface area (Å²) in [4.78, 5) is 10.1. The number of rotatable bonds is 4. The van der Waals surface area contributed by atoms with Gasteiger partial charge in [-0.05, 0) is 24.4 Å². The zero-order chi connectivity index (χ0) is 15.0. The van der Waals surface area contributed by atoms with E-state index in [0.29, 0.717) is 26.1 Å². The van der Waals surface area contributed by atoms with Crippen LogP contribution < -0.4 is 5.73 Å². The highest BCUT2D eigenvalue weighted by Crippen LogP contribution is 2.33. The Kier molecular flexibility index (Phi) is 5.32. The van der Waals surface area contributed by atoms with E-state index in [0.717, 1.165) is 6.07 Å². The summed E-state index contributed by atoms with van der Waals surface area (Å²) in [5.74, 6) is 0. The van der Waals surface area contributed by atoms with E-state index in [9.17, 15) is 18.5 Å². The lowest BCUT2D eigenvalue weighted by Crippen LogP contribution is -2.34. The molecule has 0 radical (unpaired) electrons. The first-order valence-corrected chi connectivity index (χ1v) is 7.67. The first-order valence-electron chi connectivity index (χ1n) is 6.23. The standard InChI is InChI=1S/C12H17N3O4S.ClH/c1-12(8-13)5-6-14(9-12)20(18,19)11-4-2-3-10(7-11)15(16)17;/h2-4,7H,5-6,8-9,13H2,1H3;1H. The van der Waals surface area contributed by atoms with Crippen molar-refractivity contribution < 1.29 is 13.3 Å². The van der Waals surface area contributed by atoms with E-state index in [1.54, 1.807) is 0 Å². The van der Waals surface area contributed by atoms with Gasteiger partial charge in [-0.3, -0.25) is 10.1 Å². The zero-order valence-electron chi connectivity index (χ0n) is 11.6. The van der Waals surface area contributed by atoms with Crippen LogP contribution in [0.15, 0.2) is 29.2 Å². The zero-order valence-corrected chi connectivity index (χ0v) is 13.2. The SMILES string of the molecule is CC1(CN)CCN(S(=O)(=O)c2cccc([N+](=O)[O-])c2)C1.Cl. The molecule has 1 unspecified atom stereocenters. The van der Waals surface area contributed by atoms with Crippen LogP contribution in [0.25, 0.3) is 0 Å². The molecule has 0 aliphatic carbocycles. The van der Waals surface area contributed by atoms with Crippen LogP contribution >= 0.6 is 12.4 Å². The lowest BCUT2D eigenvalue weighted by Gasteiger charge is -2.22. The molecule has 1 aliphatic heterocycles. The molecule has 1 saturated heterocycles. The third kappa shape index (κ3) is 3.52. The van der Waals surface area contributed by atoms with Gasteiger partial charge in [0.1, 0.15) is 0 Å². The van der Waals surface area contributed by atoms with E-state index >= 15 is 0 Å². The number of nitro benzene ring substituents is 1. The molecule has 7 nitrogen and oxygen atoms in total. The predicted molar refractivity (Wildman–Crippen MR) is 80.9 cm³/mol. The quantitative estimate of drug-likeness (QED) is 0.660. The van der Waals surface area contributed by atoms with E-state index in [1.807, 2.05) is 6.92 Å². The van der Waals surface area contributed by atoms with E-state index in [2.05, 4.69) is 0 Å². The Bertz CT molecular complexity index is 637. The number of hydrogen-bond acceptors (Lipinski definition) is 5. The van der Waals surface area contributed by atoms with Gasteiger partial charge in [0.15, 0.2) is 0 Å². The Hall–Kier alpha value is -1.22. The monoisotopic (exact) mass is 335 g/mol. The first-order chi connectivity index (χ1) is 9.28. The molecular formula is C12H18ClN3O4S. The van der Waals surface area contributed by atoms with Crippen molar-refractivity contribution in [3.63, 3.8) is 0 Å². The number of nitrogens with zero attached hydrogens (tertiary/aromatic N) is 2. The first kappa shape index (κ1) is 17.8. The van der Waals surface area contributed by atoms with Crippen LogP contribution in [-0.4, -0.2) is 37.3 Å². The van der Waals surface area contributed by atoms with E-state index < -0.39 is 14.9 Å². The molecule has 118 valence electrons. The maximum Gasteiger partial charge on any atom is 0.270 e. The smallest absolute Gasteiger partial charge is 0.270 e. The highest BCUT2D eigenvalue weighted by atomic mass is 35.5. The molecular weight excluding hydrogens is 318 g/mol. The van der Waals surface area contributed by atoms with Gasteiger partial charge in [0.05, 0.1) is 9.82 Å². The van der Waals surface area contributed by atoms with Gasteiger partial charge in [-0.15, -0.1) is 12.4 Å². The van der Waals surface area contributed by atoms with Crippen molar-refractivity contribution in [2.24, 2.45) is 11.1 Å². The molecule has 0 aromatic heterocycles. The fraction of sp³-hybridized carbons (Fsp3) is 0.500. The summed E-state index contributed by atoms with van der Waals surface area (Å²) in [5.41, 5.74) is 5.21. The number of non-ortho nitro benzene ring substituents is 1. The van der Waals surface area contributed by atoms with Crippen molar-refractivity contribution in [1.29, 1.82) is 0 Å². The van der Waals surface area contributed by atoms with Crippen molar-refractivity contribution in [1.82, 2.24) is 4.31 Å². The summed E-state index contributed by atoms with van der Waals surface area (Å²) in [6.45, 7) is 3.08. The van der Waals surface area contributed by atoms with Gasteiger partial charge >= 0.3 is 0 Å². The molecule has 0 saturated carbocycles. The van der Waals surface area contributed by atoms with Gasteiger partial charge in [0.25, 0.3) is 5.69 Å². The lowest BCUT2D eigenvalue weighted by atomic mass is 9.90. The maximum absolute atomic E-state index is 12.5. The third-order valence-electron chi connectivity index (χ3n) is 3.68. The van der Waals surface area contributed by atoms with Crippen molar-refractivity contribution in [3.8, 4) is 0 Å². The summed E-state index contributed by atoms with van der Waals surface area (Å²) in [5, 5.41) is 10.7. The Morgan fingerprint density at radius 2 is 2.14 bits per heavy atom. The Morgan fingerprint density at radius 1 is 1.48 bits per heavy atom. The average molecular weight is 336 g/mol. The number of nitro groups is 1. The predicted octanol–water partition coefficient (Wildman–Crippen LogP) is 1.38. The van der Waals surface area contributed by atoms with Crippen LogP contribution in [0.3, 0.4) is 0 Å². The van der Waals surface area contributed by atoms with Crippen molar-refractivity contribution in [2.75, 3.05) is 19.6 Å². The summed E-state index contributed by atoms with van der Waals surface area (Å²) >= 11 is 0. The molecule has 21 heavy (non-hydrogen) atoms. The molecule has 0 bridgehead atoms. The van der Waals surface area contributed by atoms with Gasteiger partial charge in [-0.25, -0.2) is 8.42 Å². The van der Waals surface area contributed by atoms with E-state index in [4.69, 9.17) is 5.73 Å². The minimum absolute atomic E-state index is 0. The summed E-state index contributed by atoms with van der Waals surface area (Å²) in [6, 6.07) is 5.12. The van der Waals surface area contributed by atoms with Crippen LogP contribution in [0.4, 0.5) is 5.69 Å². The number of sulfonamides is 1. The molecule has 0 spiro atoms. The molecule has 2 N–H and O–H groups in total. The minimum Gasteiger partial charge on any atom is -0.330 e. The minimum atomic E-state index is -3.70. The molecule has 1 aromatic rings. The highest BCUT2D eigenvalue weighted by molar-refractivity contribution is 7.89. The molecule has 1 atom stereocenters. The molecule has 1 heterocycles. The van der Waals surface area contributed by atoms with Crippen molar-refractivity contribution in [2.45, 2.75) is 18.2 Å². The van der Waals surface area contributed by atoms with Gasteiger partial charge in [0, 0.05) is 25.2 Å². The maximum atomic E-state index is 12.5. The normalized spacial score (nSPS) is 22.8. The number of nitrogens with two attached hydrogens (primary N) is 1. The Labute approximate surface area is 129 Å². The Balaban J connectivity index is 0.00000220. The fourth-order valence-electron chi connectivity index (χ4n) is 2.26. The van der Waals surface area contributed by atoms with Crippen LogP contribution in [0.2, 0.25) is 0 Å². The number of halogens is 1. The van der Waals surface area contributed by atoms with E-state index in [-0.39, 0.29) is 28.4 Å². The van der Waals surface area contributed by atoms with E-state index in [1.165, 1.54) is 22.5 Å². The topological polar surface area (TPSA) is 107 Å². The molecule has 1 fully saturated rings. The van der Waals surface area contributed by atoms with Gasteiger partial charge in [-0.2, -0.15) is 4.31 Å². The summed E-state index contributed by atoms with van der Waals surface area (Å²) in [6.07, 6.45) is 0.692. The van der Waals surface area contributed by atoms with Crippen molar-refractivity contribution >= 4 is 28.1 Å². The van der Waals surface area contributed by atoms with Gasteiger partial charge in [-0.1, -0.05) is 13.0 Å². The van der Waals surface area contributed by atoms with Crippen molar-refractivity contribution in [3.05, 3.63) is 34.4 Å². The Morgan fingerprint density at radius 3 is 2.67 bits per heavy atom. The molecule has 1 aliphatic rings. The highest BCUT2D eigenvalue weighted by Gasteiger charge is 2.39. The number of benzene rings is 1. The molecule has 1 aromatic carbocycles. The lowest BCUT2D eigenvalue weighted by molar-refractivity contribution is -0.385. The number of hydrogen-bond donors (Lipinski definition) is 1. The summed E-state index contributed by atoms with van der Waals surface area (Å²) in [7, 11) is -3.70. The van der Waals surface area contributed by atoms with Gasteiger partial charge in [0.2, 0.25) is 10.0 Å².